The Hall–Kier alpha value is -0.160. The lowest BCUT2D eigenvalue weighted by Crippen LogP contribution is -3.00. The van der Waals surface area contributed by atoms with Crippen molar-refractivity contribution in [3.05, 3.63) is 29.3 Å². The highest BCUT2D eigenvalue weighted by Gasteiger charge is 2.14. The summed E-state index contributed by atoms with van der Waals surface area (Å²) in [5.74, 6) is 0. The first-order valence-corrected chi connectivity index (χ1v) is 6.02. The summed E-state index contributed by atoms with van der Waals surface area (Å²) in [5.41, 5.74) is 1.39. The van der Waals surface area contributed by atoms with Crippen LogP contribution in [0.5, 0.6) is 0 Å². The van der Waals surface area contributed by atoms with Gasteiger partial charge in [-0.25, -0.2) is 0 Å². The van der Waals surface area contributed by atoms with Gasteiger partial charge in [0.25, 0.3) is 0 Å². The molecule has 0 aliphatic rings. The maximum Gasteiger partial charge on any atom is 0.235 e. The summed E-state index contributed by atoms with van der Waals surface area (Å²) in [7, 11) is 0. The Kier molecular flexibility index (Phi) is 4.99. The molecule has 3 heteroatoms. The number of benzene rings is 1. The van der Waals surface area contributed by atoms with Crippen molar-refractivity contribution in [2.45, 2.75) is 33.2 Å². The Labute approximate surface area is 112 Å². The Morgan fingerprint density at radius 2 is 2.00 bits per heavy atom. The summed E-state index contributed by atoms with van der Waals surface area (Å²) < 4.78 is 3.84. The minimum Gasteiger partial charge on any atom is -1.00 e. The molecule has 1 aromatic heterocycles. The van der Waals surface area contributed by atoms with Crippen LogP contribution in [0, 0.1) is 6.92 Å². The lowest BCUT2D eigenvalue weighted by Gasteiger charge is -1.94. The molecule has 0 atom stereocenters. The summed E-state index contributed by atoms with van der Waals surface area (Å²) in [5, 5.41) is 1.42. The van der Waals surface area contributed by atoms with Crippen molar-refractivity contribution in [3.63, 3.8) is 0 Å². The van der Waals surface area contributed by atoms with E-state index in [2.05, 4.69) is 42.7 Å². The van der Waals surface area contributed by atoms with E-state index < -0.39 is 0 Å². The highest BCUT2D eigenvalue weighted by atomic mass is 127. The lowest BCUT2D eigenvalue weighted by molar-refractivity contribution is -0.673. The van der Waals surface area contributed by atoms with Crippen molar-refractivity contribution in [1.82, 2.24) is 0 Å². The summed E-state index contributed by atoms with van der Waals surface area (Å²) in [6.07, 6.45) is 2.53. The first-order chi connectivity index (χ1) is 6.83. The maximum atomic E-state index is 2.43. The van der Waals surface area contributed by atoms with Crippen molar-refractivity contribution < 1.29 is 28.5 Å². The third-order valence-corrected chi connectivity index (χ3v) is 3.61. The zero-order valence-electron chi connectivity index (χ0n) is 9.16. The number of aromatic nitrogens is 1. The van der Waals surface area contributed by atoms with Gasteiger partial charge >= 0.3 is 0 Å². The Balaban J connectivity index is 0.00000112. The molecule has 0 spiro atoms. The van der Waals surface area contributed by atoms with Crippen LogP contribution in [0.3, 0.4) is 0 Å². The summed E-state index contributed by atoms with van der Waals surface area (Å²) in [6.45, 7) is 5.61. The molecule has 0 aliphatic heterocycles. The van der Waals surface area contributed by atoms with Crippen molar-refractivity contribution in [1.29, 1.82) is 0 Å². The Morgan fingerprint density at radius 1 is 1.27 bits per heavy atom. The monoisotopic (exact) mass is 333 g/mol. The lowest BCUT2D eigenvalue weighted by atomic mass is 10.3. The number of nitrogens with zero attached hydrogens (tertiary/aromatic N) is 1. The Bertz CT molecular complexity index is 436. The van der Waals surface area contributed by atoms with Crippen molar-refractivity contribution in [2.75, 3.05) is 0 Å². The molecule has 2 aromatic rings. The van der Waals surface area contributed by atoms with E-state index in [0.29, 0.717) is 0 Å². The van der Waals surface area contributed by atoms with E-state index in [4.69, 9.17) is 0 Å². The normalized spacial score (nSPS) is 10.3. The van der Waals surface area contributed by atoms with Crippen LogP contribution in [0.1, 0.15) is 24.8 Å². The molecule has 0 saturated carbocycles. The van der Waals surface area contributed by atoms with Crippen LogP contribution in [-0.4, -0.2) is 0 Å². The zero-order chi connectivity index (χ0) is 9.97. The molecular weight excluding hydrogens is 317 g/mol. The molecule has 0 unspecified atom stereocenters. The summed E-state index contributed by atoms with van der Waals surface area (Å²) >= 11 is 1.89. The average Bonchev–Trinajstić information content (AvgIpc) is 2.51. The SMILES string of the molecule is CCCC[n+]1c(C)sc2ccccc21.[I-]. The van der Waals surface area contributed by atoms with Gasteiger partial charge in [0.2, 0.25) is 10.5 Å². The minimum absolute atomic E-state index is 0. The predicted octanol–water partition coefficient (Wildman–Crippen LogP) is 0.301. The van der Waals surface area contributed by atoms with Crippen molar-refractivity contribution >= 4 is 21.6 Å². The first-order valence-electron chi connectivity index (χ1n) is 5.21. The fourth-order valence-electron chi connectivity index (χ4n) is 1.74. The fourth-order valence-corrected chi connectivity index (χ4v) is 2.79. The van der Waals surface area contributed by atoms with Gasteiger partial charge in [-0.3, -0.25) is 0 Å². The number of fused-ring (bicyclic) bond motifs is 1. The van der Waals surface area contributed by atoms with Crippen LogP contribution in [0.15, 0.2) is 24.3 Å². The number of para-hydroxylation sites is 1. The average molecular weight is 333 g/mol. The highest BCUT2D eigenvalue weighted by molar-refractivity contribution is 7.18. The third kappa shape index (κ3) is 2.69. The van der Waals surface area contributed by atoms with Gasteiger partial charge in [0.1, 0.15) is 11.2 Å². The van der Waals surface area contributed by atoms with Gasteiger partial charge in [0.15, 0.2) is 0 Å². The van der Waals surface area contributed by atoms with Gasteiger partial charge in [-0.2, -0.15) is 4.57 Å². The molecule has 1 aromatic carbocycles. The molecular formula is C12H16INS. The molecule has 82 valence electrons. The summed E-state index contributed by atoms with van der Waals surface area (Å²) in [6, 6.07) is 8.66. The van der Waals surface area contributed by atoms with Gasteiger partial charge in [0, 0.05) is 19.4 Å². The van der Waals surface area contributed by atoms with Crippen LogP contribution in [0.2, 0.25) is 0 Å². The van der Waals surface area contributed by atoms with E-state index >= 15 is 0 Å². The molecule has 1 heterocycles. The van der Waals surface area contributed by atoms with Crippen molar-refractivity contribution in [2.24, 2.45) is 0 Å². The second-order valence-corrected chi connectivity index (χ2v) is 4.83. The number of unbranched alkanes of at least 4 members (excludes halogenated alkanes) is 1. The standard InChI is InChI=1S/C12H16NS.HI/c1-3-4-9-13-10(2)14-12-8-6-5-7-11(12)13;/h5-8H,3-4,9H2,1-2H3;1H/q+1;/p-1. The van der Waals surface area contributed by atoms with E-state index in [1.54, 1.807) is 0 Å². The fraction of sp³-hybridized carbons (Fsp3) is 0.417. The Morgan fingerprint density at radius 3 is 2.73 bits per heavy atom. The molecule has 2 rings (SSSR count). The molecule has 0 radical (unpaired) electrons. The van der Waals surface area contributed by atoms with Gasteiger partial charge in [-0.05, 0) is 6.07 Å². The maximum absolute atomic E-state index is 2.43. The number of hydrogen-bond donors (Lipinski definition) is 0. The van der Waals surface area contributed by atoms with Gasteiger partial charge in [-0.15, -0.1) is 0 Å². The molecule has 1 nitrogen and oxygen atoms in total. The van der Waals surface area contributed by atoms with Crippen LogP contribution in [-0.2, 0) is 6.54 Å². The van der Waals surface area contributed by atoms with E-state index in [9.17, 15) is 0 Å². The zero-order valence-corrected chi connectivity index (χ0v) is 12.1. The molecule has 0 aliphatic carbocycles. The second-order valence-electron chi connectivity index (χ2n) is 3.59. The number of halogens is 1. The summed E-state index contributed by atoms with van der Waals surface area (Å²) in [4.78, 5) is 0. The third-order valence-electron chi connectivity index (χ3n) is 2.53. The van der Waals surface area contributed by atoms with Crippen molar-refractivity contribution in [3.8, 4) is 0 Å². The van der Waals surface area contributed by atoms with E-state index in [0.717, 1.165) is 6.54 Å². The predicted molar refractivity (Wildman–Crippen MR) is 61.7 cm³/mol. The highest BCUT2D eigenvalue weighted by Crippen LogP contribution is 2.19. The van der Waals surface area contributed by atoms with E-state index in [1.165, 1.54) is 28.1 Å². The smallest absolute Gasteiger partial charge is 0.235 e. The largest absolute Gasteiger partial charge is 1.00 e. The van der Waals surface area contributed by atoms with Crippen LogP contribution >= 0.6 is 11.3 Å². The number of rotatable bonds is 3. The van der Waals surface area contributed by atoms with Crippen LogP contribution in [0.25, 0.3) is 10.2 Å². The molecule has 0 amide bonds. The molecule has 0 saturated heterocycles. The minimum atomic E-state index is 0. The second kappa shape index (κ2) is 5.80. The quantitative estimate of drug-likeness (QED) is 0.562. The number of hydrogen-bond acceptors (Lipinski definition) is 1. The molecule has 0 bridgehead atoms. The number of aryl methyl sites for hydroxylation is 2. The molecule has 0 fully saturated rings. The van der Waals surface area contributed by atoms with Gasteiger partial charge < -0.3 is 24.0 Å². The van der Waals surface area contributed by atoms with E-state index in [-0.39, 0.29) is 24.0 Å². The number of thiazole rings is 1. The van der Waals surface area contributed by atoms with E-state index in [1.807, 2.05) is 11.3 Å². The molecule has 0 N–H and O–H groups in total. The van der Waals surface area contributed by atoms with Gasteiger partial charge in [-0.1, -0.05) is 36.8 Å². The topological polar surface area (TPSA) is 3.88 Å². The first kappa shape index (κ1) is 12.9. The van der Waals surface area contributed by atoms with Gasteiger partial charge in [0.05, 0.1) is 0 Å². The van der Waals surface area contributed by atoms with Crippen LogP contribution < -0.4 is 28.5 Å². The molecule has 15 heavy (non-hydrogen) atoms. The van der Waals surface area contributed by atoms with Crippen LogP contribution in [0.4, 0.5) is 0 Å².